The fourth-order valence-corrected chi connectivity index (χ4v) is 2.10. The molecule has 1 aliphatic heterocycles. The first-order chi connectivity index (χ1) is 9.51. The van der Waals surface area contributed by atoms with Crippen LogP contribution < -0.4 is 10.1 Å². The molecule has 0 aliphatic carbocycles. The highest BCUT2D eigenvalue weighted by Gasteiger charge is 2.47. The van der Waals surface area contributed by atoms with Crippen LogP contribution in [0.3, 0.4) is 0 Å². The topological polar surface area (TPSA) is 84.9 Å². The third-order valence-corrected chi connectivity index (χ3v) is 3.09. The third-order valence-electron chi connectivity index (χ3n) is 2.76. The largest absolute Gasteiger partial charge is 0.496 e. The van der Waals surface area contributed by atoms with Crippen LogP contribution in [0.5, 0.6) is 5.75 Å². The Kier molecular flexibility index (Phi) is 3.80. The zero-order valence-corrected chi connectivity index (χ0v) is 11.4. The molecule has 1 aliphatic rings. The van der Waals surface area contributed by atoms with E-state index in [9.17, 15) is 14.4 Å². The lowest BCUT2D eigenvalue weighted by Crippen LogP contribution is -2.41. The fraction of sp³-hybridized carbons (Fsp3) is 0.250. The van der Waals surface area contributed by atoms with E-state index in [4.69, 9.17) is 21.1 Å². The van der Waals surface area contributed by atoms with Crippen LogP contribution >= 0.6 is 11.6 Å². The van der Waals surface area contributed by atoms with Gasteiger partial charge in [0.15, 0.2) is 0 Å². The molecule has 1 saturated heterocycles. The van der Waals surface area contributed by atoms with Gasteiger partial charge in [0.05, 0.1) is 17.7 Å². The molecular formula is C12H11ClN2O5. The van der Waals surface area contributed by atoms with Crippen LogP contribution in [0.15, 0.2) is 18.2 Å². The average molecular weight is 299 g/mol. The van der Waals surface area contributed by atoms with Gasteiger partial charge in [-0.05, 0) is 12.1 Å². The number of carbonyl (C=O) groups excluding carboxylic acids is 3. The van der Waals surface area contributed by atoms with Crippen LogP contribution in [-0.2, 0) is 9.53 Å². The van der Waals surface area contributed by atoms with E-state index in [2.05, 4.69) is 5.32 Å². The molecule has 1 aromatic rings. The summed E-state index contributed by atoms with van der Waals surface area (Å²) in [5, 5.41) is 2.39. The Bertz CT molecular complexity index is 589. The molecule has 4 amide bonds. The van der Waals surface area contributed by atoms with Crippen molar-refractivity contribution in [3.63, 3.8) is 0 Å². The summed E-state index contributed by atoms with van der Waals surface area (Å²) >= 11 is 6.02. The standard InChI is InChI=1S/C12H11ClN2O5/c1-14-11(17)15-10(16)9(20-12(15)18)8-6(13)4-3-5-7(8)19-2/h3-5,9H,1-2H3,(H,14,17). The van der Waals surface area contributed by atoms with Crippen molar-refractivity contribution >= 4 is 29.6 Å². The second-order valence-electron chi connectivity index (χ2n) is 3.85. The third kappa shape index (κ3) is 2.16. The normalized spacial score (nSPS) is 17.9. The number of hydrogen-bond acceptors (Lipinski definition) is 5. The van der Waals surface area contributed by atoms with Gasteiger partial charge in [-0.15, -0.1) is 0 Å². The smallest absolute Gasteiger partial charge is 0.426 e. The molecule has 20 heavy (non-hydrogen) atoms. The number of carbonyl (C=O) groups is 3. The minimum Gasteiger partial charge on any atom is -0.496 e. The first-order valence-electron chi connectivity index (χ1n) is 5.60. The molecule has 0 spiro atoms. The Balaban J connectivity index is 2.44. The van der Waals surface area contributed by atoms with Crippen molar-refractivity contribution in [1.29, 1.82) is 0 Å². The number of ether oxygens (including phenoxy) is 2. The Labute approximate surface area is 119 Å². The summed E-state index contributed by atoms with van der Waals surface area (Å²) < 4.78 is 10.0. The second kappa shape index (κ2) is 5.38. The number of halogens is 1. The van der Waals surface area contributed by atoms with Gasteiger partial charge in [-0.2, -0.15) is 4.90 Å². The number of rotatable bonds is 2. The highest BCUT2D eigenvalue weighted by molar-refractivity contribution is 6.32. The SMILES string of the molecule is CNC(=O)N1C(=O)OC(c2c(Cl)cccc2OC)C1=O. The highest BCUT2D eigenvalue weighted by atomic mass is 35.5. The van der Waals surface area contributed by atoms with Crippen LogP contribution in [0.1, 0.15) is 11.7 Å². The zero-order valence-electron chi connectivity index (χ0n) is 10.7. The first-order valence-corrected chi connectivity index (χ1v) is 5.97. The van der Waals surface area contributed by atoms with Crippen LogP contribution in [0.4, 0.5) is 9.59 Å². The molecule has 106 valence electrons. The summed E-state index contributed by atoms with van der Waals surface area (Å²) in [7, 11) is 2.69. The van der Waals surface area contributed by atoms with Gasteiger partial charge < -0.3 is 14.8 Å². The lowest BCUT2D eigenvalue weighted by molar-refractivity contribution is -0.128. The van der Waals surface area contributed by atoms with Crippen molar-refractivity contribution in [2.75, 3.05) is 14.2 Å². The number of methoxy groups -OCH3 is 1. The van der Waals surface area contributed by atoms with E-state index in [0.717, 1.165) is 0 Å². The number of benzene rings is 1. The number of nitrogens with zero attached hydrogens (tertiary/aromatic N) is 1. The Hall–Kier alpha value is -2.28. The maximum atomic E-state index is 12.1. The predicted octanol–water partition coefficient (Wildman–Crippen LogP) is 1.71. The van der Waals surface area contributed by atoms with Crippen LogP contribution in [0.2, 0.25) is 5.02 Å². The molecule has 1 unspecified atom stereocenters. The zero-order chi connectivity index (χ0) is 14.9. The van der Waals surface area contributed by atoms with Gasteiger partial charge in [-0.3, -0.25) is 4.79 Å². The lowest BCUT2D eigenvalue weighted by atomic mass is 10.1. The van der Waals surface area contributed by atoms with Gasteiger partial charge in [-0.25, -0.2) is 9.59 Å². The Morgan fingerprint density at radius 1 is 1.45 bits per heavy atom. The molecule has 2 rings (SSSR count). The summed E-state index contributed by atoms with van der Waals surface area (Å²) in [6.07, 6.45) is -2.36. The molecule has 1 N–H and O–H groups in total. The van der Waals surface area contributed by atoms with Crippen LogP contribution in [0, 0.1) is 0 Å². The van der Waals surface area contributed by atoms with Crippen molar-refractivity contribution in [3.05, 3.63) is 28.8 Å². The maximum absolute atomic E-state index is 12.1. The van der Waals surface area contributed by atoms with Crippen molar-refractivity contribution in [2.45, 2.75) is 6.10 Å². The first kappa shape index (κ1) is 14.1. The number of nitrogens with one attached hydrogen (secondary N) is 1. The number of hydrogen-bond donors (Lipinski definition) is 1. The van der Waals surface area contributed by atoms with E-state index < -0.39 is 24.1 Å². The maximum Gasteiger partial charge on any atom is 0.426 e. The molecule has 0 radical (unpaired) electrons. The van der Waals surface area contributed by atoms with E-state index in [1.165, 1.54) is 20.2 Å². The van der Waals surface area contributed by atoms with Crippen LogP contribution in [-0.4, -0.2) is 37.1 Å². The second-order valence-corrected chi connectivity index (χ2v) is 4.26. The predicted molar refractivity (Wildman–Crippen MR) is 68.5 cm³/mol. The fourth-order valence-electron chi connectivity index (χ4n) is 1.84. The quantitative estimate of drug-likeness (QED) is 0.898. The summed E-state index contributed by atoms with van der Waals surface area (Å²) in [6, 6.07) is 3.87. The number of urea groups is 1. The molecule has 8 heteroatoms. The van der Waals surface area contributed by atoms with E-state index in [1.807, 2.05) is 0 Å². The van der Waals surface area contributed by atoms with E-state index in [-0.39, 0.29) is 10.6 Å². The Morgan fingerprint density at radius 3 is 2.75 bits per heavy atom. The van der Waals surface area contributed by atoms with Gasteiger partial charge in [0.25, 0.3) is 5.91 Å². The molecule has 0 bridgehead atoms. The molecule has 0 aromatic heterocycles. The van der Waals surface area contributed by atoms with Gasteiger partial charge in [0.2, 0.25) is 6.10 Å². The average Bonchev–Trinajstić information content (AvgIpc) is 2.72. The molecule has 0 saturated carbocycles. The van der Waals surface area contributed by atoms with Gasteiger partial charge >= 0.3 is 12.1 Å². The summed E-state index contributed by atoms with van der Waals surface area (Å²) in [4.78, 5) is 35.6. The van der Waals surface area contributed by atoms with Crippen molar-refractivity contribution in [3.8, 4) is 5.75 Å². The lowest BCUT2D eigenvalue weighted by Gasteiger charge is -2.13. The molecule has 1 aromatic carbocycles. The van der Waals surface area contributed by atoms with Gasteiger partial charge in [0.1, 0.15) is 5.75 Å². The van der Waals surface area contributed by atoms with Crippen LogP contribution in [0.25, 0.3) is 0 Å². The van der Waals surface area contributed by atoms with E-state index in [0.29, 0.717) is 10.6 Å². The van der Waals surface area contributed by atoms with Gasteiger partial charge in [-0.1, -0.05) is 17.7 Å². The Morgan fingerprint density at radius 2 is 2.15 bits per heavy atom. The van der Waals surface area contributed by atoms with E-state index >= 15 is 0 Å². The number of imide groups is 3. The molecule has 1 atom stereocenters. The van der Waals surface area contributed by atoms with Crippen molar-refractivity contribution in [2.24, 2.45) is 0 Å². The number of cyclic esters (lactones) is 1. The molecule has 1 heterocycles. The molecule has 7 nitrogen and oxygen atoms in total. The van der Waals surface area contributed by atoms with Crippen molar-refractivity contribution < 1.29 is 23.9 Å². The summed E-state index contributed by atoms with van der Waals surface area (Å²) in [5.74, 6) is -0.525. The highest BCUT2D eigenvalue weighted by Crippen LogP contribution is 2.38. The summed E-state index contributed by atoms with van der Waals surface area (Å²) in [5.41, 5.74) is 0.210. The van der Waals surface area contributed by atoms with Crippen molar-refractivity contribution in [1.82, 2.24) is 10.2 Å². The monoisotopic (exact) mass is 298 g/mol. The minimum atomic E-state index is -1.30. The molecule has 1 fully saturated rings. The van der Waals surface area contributed by atoms with E-state index in [1.54, 1.807) is 12.1 Å². The number of amides is 4. The summed E-state index contributed by atoms with van der Waals surface area (Å²) in [6.45, 7) is 0. The van der Waals surface area contributed by atoms with Gasteiger partial charge in [0, 0.05) is 7.05 Å². The minimum absolute atomic E-state index is 0.203. The molecular weight excluding hydrogens is 288 g/mol.